The van der Waals surface area contributed by atoms with Crippen molar-refractivity contribution >= 4 is 5.78 Å². The maximum atomic E-state index is 5.49. The van der Waals surface area contributed by atoms with Gasteiger partial charge in [-0.3, -0.25) is 14.2 Å². The van der Waals surface area contributed by atoms with Crippen LogP contribution in [0.2, 0.25) is 0 Å². The van der Waals surface area contributed by atoms with Gasteiger partial charge in [-0.25, -0.2) is 9.97 Å². The molecule has 0 N–H and O–H groups in total. The van der Waals surface area contributed by atoms with Gasteiger partial charge in [-0.2, -0.15) is 0 Å². The van der Waals surface area contributed by atoms with Gasteiger partial charge in [-0.1, -0.05) is 0 Å². The molecule has 0 spiro atoms. The summed E-state index contributed by atoms with van der Waals surface area (Å²) in [7, 11) is 0. The second-order valence-electron chi connectivity index (χ2n) is 6.76. The summed E-state index contributed by atoms with van der Waals surface area (Å²) in [4.78, 5) is 14.3. The summed E-state index contributed by atoms with van der Waals surface area (Å²) in [5.74, 6) is 0.811. The molecule has 1 fully saturated rings. The molecule has 0 unspecified atom stereocenters. The lowest BCUT2D eigenvalue weighted by atomic mass is 10.2. The molecule has 3 heterocycles. The van der Waals surface area contributed by atoms with Crippen LogP contribution < -0.4 is 0 Å². The molecule has 0 amide bonds. The van der Waals surface area contributed by atoms with E-state index in [4.69, 9.17) is 9.72 Å². The van der Waals surface area contributed by atoms with Gasteiger partial charge in [0.05, 0.1) is 12.3 Å². The average molecular weight is 331 g/mol. The first-order valence-corrected chi connectivity index (χ1v) is 8.93. The van der Waals surface area contributed by atoms with Crippen LogP contribution in [0.5, 0.6) is 0 Å². The van der Waals surface area contributed by atoms with Crippen LogP contribution in [-0.4, -0.2) is 69.6 Å². The lowest BCUT2D eigenvalue weighted by Gasteiger charge is -2.39. The number of imidazole rings is 1. The molecule has 6 nitrogen and oxygen atoms in total. The second kappa shape index (κ2) is 7.59. The number of piperazine rings is 1. The highest BCUT2D eigenvalue weighted by Gasteiger charge is 2.23. The molecule has 6 heteroatoms. The van der Waals surface area contributed by atoms with Gasteiger partial charge in [-0.15, -0.1) is 0 Å². The number of aryl methyl sites for hydroxylation is 2. The van der Waals surface area contributed by atoms with Crippen LogP contribution >= 0.6 is 0 Å². The third-order valence-corrected chi connectivity index (χ3v) is 4.77. The van der Waals surface area contributed by atoms with E-state index in [0.29, 0.717) is 6.04 Å². The summed E-state index contributed by atoms with van der Waals surface area (Å²) in [5.41, 5.74) is 3.31. The molecule has 24 heavy (non-hydrogen) atoms. The Balaban J connectivity index is 1.60. The number of aromatic nitrogens is 3. The monoisotopic (exact) mass is 331 g/mol. The van der Waals surface area contributed by atoms with Gasteiger partial charge in [-0.05, 0) is 33.8 Å². The maximum Gasteiger partial charge on any atom is 0.234 e. The molecular formula is C18H29N5O. The van der Waals surface area contributed by atoms with E-state index in [1.807, 2.05) is 13.8 Å². The summed E-state index contributed by atoms with van der Waals surface area (Å²) < 4.78 is 7.57. The zero-order valence-electron chi connectivity index (χ0n) is 15.3. The van der Waals surface area contributed by atoms with Crippen LogP contribution in [0.15, 0.2) is 12.3 Å². The molecule has 132 valence electrons. The van der Waals surface area contributed by atoms with E-state index in [-0.39, 0.29) is 0 Å². The van der Waals surface area contributed by atoms with E-state index in [1.54, 1.807) is 0 Å². The van der Waals surface area contributed by atoms with Gasteiger partial charge in [0.15, 0.2) is 0 Å². The van der Waals surface area contributed by atoms with Gasteiger partial charge in [0.2, 0.25) is 5.78 Å². The molecule has 1 saturated heterocycles. The van der Waals surface area contributed by atoms with E-state index in [9.17, 15) is 0 Å². The zero-order valence-corrected chi connectivity index (χ0v) is 15.3. The number of nitrogens with zero attached hydrogens (tertiary/aromatic N) is 5. The summed E-state index contributed by atoms with van der Waals surface area (Å²) in [6.07, 6.45) is 2.13. The van der Waals surface area contributed by atoms with Crippen molar-refractivity contribution in [3.05, 3.63) is 29.3 Å². The van der Waals surface area contributed by atoms with Crippen molar-refractivity contribution in [2.45, 2.75) is 40.3 Å². The number of hydrogen-bond acceptors (Lipinski definition) is 5. The van der Waals surface area contributed by atoms with Crippen molar-refractivity contribution in [2.24, 2.45) is 0 Å². The van der Waals surface area contributed by atoms with Crippen molar-refractivity contribution in [1.29, 1.82) is 0 Å². The lowest BCUT2D eigenvalue weighted by Crippen LogP contribution is -2.52. The van der Waals surface area contributed by atoms with E-state index >= 15 is 0 Å². The summed E-state index contributed by atoms with van der Waals surface area (Å²) in [6, 6.07) is 2.65. The number of hydrogen-bond donors (Lipinski definition) is 0. The van der Waals surface area contributed by atoms with E-state index in [1.165, 1.54) is 5.69 Å². The fourth-order valence-electron chi connectivity index (χ4n) is 3.50. The summed E-state index contributed by atoms with van der Waals surface area (Å²) in [5, 5.41) is 0. The van der Waals surface area contributed by atoms with Gasteiger partial charge in [0.25, 0.3) is 0 Å². The zero-order chi connectivity index (χ0) is 17.1. The number of fused-ring (bicyclic) bond motifs is 1. The average Bonchev–Trinajstić information content (AvgIpc) is 2.92. The van der Waals surface area contributed by atoms with Crippen LogP contribution in [0.1, 0.15) is 30.9 Å². The van der Waals surface area contributed by atoms with Gasteiger partial charge < -0.3 is 4.74 Å². The third kappa shape index (κ3) is 3.94. The minimum atomic E-state index is 0.554. The maximum absolute atomic E-state index is 5.49. The molecule has 0 aliphatic carbocycles. The van der Waals surface area contributed by atoms with Crippen LogP contribution in [-0.2, 0) is 11.3 Å². The molecule has 0 radical (unpaired) electrons. The molecule has 2 aromatic rings. The van der Waals surface area contributed by atoms with E-state index in [2.05, 4.69) is 45.3 Å². The van der Waals surface area contributed by atoms with Crippen molar-refractivity contribution < 1.29 is 4.74 Å². The molecule has 2 aromatic heterocycles. The highest BCUT2D eigenvalue weighted by Crippen LogP contribution is 2.14. The molecular weight excluding hydrogens is 302 g/mol. The first-order valence-electron chi connectivity index (χ1n) is 8.93. The molecule has 0 aromatic carbocycles. The van der Waals surface area contributed by atoms with Gasteiger partial charge in [0.1, 0.15) is 0 Å². The highest BCUT2D eigenvalue weighted by atomic mass is 16.5. The minimum absolute atomic E-state index is 0.554. The lowest BCUT2D eigenvalue weighted by molar-refractivity contribution is 0.0462. The van der Waals surface area contributed by atoms with Crippen LogP contribution in [0.3, 0.4) is 0 Å². The van der Waals surface area contributed by atoms with Gasteiger partial charge >= 0.3 is 0 Å². The summed E-state index contributed by atoms with van der Waals surface area (Å²) >= 11 is 0. The normalized spacial score (nSPS) is 20.1. The van der Waals surface area contributed by atoms with Crippen LogP contribution in [0.25, 0.3) is 5.78 Å². The van der Waals surface area contributed by atoms with Crippen molar-refractivity contribution in [3.63, 3.8) is 0 Å². The van der Waals surface area contributed by atoms with Crippen molar-refractivity contribution in [2.75, 3.05) is 39.4 Å². The van der Waals surface area contributed by atoms with Crippen LogP contribution in [0, 0.1) is 13.8 Å². The predicted octanol–water partition coefficient (Wildman–Crippen LogP) is 1.89. The Bertz CT molecular complexity index is 683. The molecule has 0 bridgehead atoms. The van der Waals surface area contributed by atoms with E-state index in [0.717, 1.165) is 63.1 Å². The molecule has 1 atom stereocenters. The molecule has 1 aliphatic heterocycles. The highest BCUT2D eigenvalue weighted by molar-refractivity contribution is 5.34. The van der Waals surface area contributed by atoms with E-state index < -0.39 is 0 Å². The van der Waals surface area contributed by atoms with Crippen molar-refractivity contribution in [3.8, 4) is 0 Å². The summed E-state index contributed by atoms with van der Waals surface area (Å²) in [6.45, 7) is 15.3. The molecule has 1 aliphatic rings. The predicted molar refractivity (Wildman–Crippen MR) is 95.3 cm³/mol. The Morgan fingerprint density at radius 2 is 2.08 bits per heavy atom. The topological polar surface area (TPSA) is 45.9 Å². The Morgan fingerprint density at radius 1 is 1.25 bits per heavy atom. The number of ether oxygens (including phenoxy) is 1. The largest absolute Gasteiger partial charge is 0.380 e. The molecule has 3 rings (SSSR count). The smallest absolute Gasteiger partial charge is 0.234 e. The second-order valence-corrected chi connectivity index (χ2v) is 6.76. The van der Waals surface area contributed by atoms with Crippen molar-refractivity contribution in [1.82, 2.24) is 24.2 Å². The van der Waals surface area contributed by atoms with Crippen LogP contribution in [0.4, 0.5) is 0 Å². The number of rotatable bonds is 6. The Kier molecular flexibility index (Phi) is 5.48. The molecule has 0 saturated carbocycles. The minimum Gasteiger partial charge on any atom is -0.380 e. The Morgan fingerprint density at radius 3 is 2.83 bits per heavy atom. The first-order chi connectivity index (χ1) is 11.6. The van der Waals surface area contributed by atoms with Gasteiger partial charge in [0, 0.05) is 63.0 Å². The fraction of sp³-hybridized carbons (Fsp3) is 0.667. The fourth-order valence-corrected chi connectivity index (χ4v) is 3.50. The Labute approximate surface area is 144 Å². The SMILES string of the molecule is CCOCCN1CCN(Cc2cn3c(C)cc(C)nc3n2)C[C@@H]1C. The third-order valence-electron chi connectivity index (χ3n) is 4.77. The Hall–Kier alpha value is -1.50. The quantitative estimate of drug-likeness (QED) is 0.757. The first kappa shape index (κ1) is 17.3. The standard InChI is InChI=1S/C18H29N5O/c1-5-24-9-8-22-7-6-21(11-16(22)4)12-17-13-23-15(3)10-14(2)19-18(23)20-17/h10,13,16H,5-9,11-12H2,1-4H3/t16-/m0/s1.